The molecule has 0 aliphatic carbocycles. The maximum atomic E-state index is 12.0. The molecule has 1 N–H and O–H groups in total. The number of nitrogens with one attached hydrogen (secondary N) is 1. The summed E-state index contributed by atoms with van der Waals surface area (Å²) in [6.07, 6.45) is 5.00. The van der Waals surface area contributed by atoms with Gasteiger partial charge in [0, 0.05) is 39.1 Å². The van der Waals surface area contributed by atoms with Crippen LogP contribution in [0, 0.1) is 0 Å². The Morgan fingerprint density at radius 1 is 1.35 bits per heavy atom. The van der Waals surface area contributed by atoms with Gasteiger partial charge in [0.1, 0.15) is 0 Å². The fourth-order valence-corrected chi connectivity index (χ4v) is 2.37. The lowest BCUT2D eigenvalue weighted by Crippen LogP contribution is -2.47. The summed E-state index contributed by atoms with van der Waals surface area (Å²) in [7, 11) is 2.11. The molecule has 0 atom stereocenters. The van der Waals surface area contributed by atoms with Crippen molar-refractivity contribution in [2.75, 3.05) is 46.3 Å². The Hall–Kier alpha value is -0.870. The summed E-state index contributed by atoms with van der Waals surface area (Å²) in [4.78, 5) is 16.3. The number of hydrogen-bond donors (Lipinski definition) is 1. The number of hydrogen-bond acceptors (Lipinski definition) is 3. The molecule has 0 saturated carbocycles. The summed E-state index contributed by atoms with van der Waals surface area (Å²) >= 11 is 0. The van der Waals surface area contributed by atoms with Gasteiger partial charge in [-0.05, 0) is 26.4 Å². The van der Waals surface area contributed by atoms with Crippen LogP contribution in [-0.2, 0) is 4.79 Å². The van der Waals surface area contributed by atoms with Crippen LogP contribution in [0.25, 0.3) is 0 Å². The molecule has 4 heteroatoms. The molecule has 0 aromatic carbocycles. The van der Waals surface area contributed by atoms with Crippen LogP contribution in [0.15, 0.2) is 11.6 Å². The lowest BCUT2D eigenvalue weighted by Gasteiger charge is -2.32. The van der Waals surface area contributed by atoms with Gasteiger partial charge in [-0.2, -0.15) is 0 Å². The number of piperazine rings is 1. The highest BCUT2D eigenvalue weighted by Gasteiger charge is 2.18. The first-order chi connectivity index (χ1) is 8.25. The monoisotopic (exact) mass is 237 g/mol. The molecule has 2 aliphatic heterocycles. The molecule has 0 unspecified atom stereocenters. The van der Waals surface area contributed by atoms with Gasteiger partial charge in [0.25, 0.3) is 0 Å². The summed E-state index contributed by atoms with van der Waals surface area (Å²) < 4.78 is 0. The third kappa shape index (κ3) is 3.82. The van der Waals surface area contributed by atoms with E-state index >= 15 is 0 Å². The molecule has 1 saturated heterocycles. The van der Waals surface area contributed by atoms with Crippen molar-refractivity contribution < 1.29 is 4.79 Å². The third-order valence-electron chi connectivity index (χ3n) is 3.62. The molecule has 1 amide bonds. The van der Waals surface area contributed by atoms with Gasteiger partial charge >= 0.3 is 0 Å². The standard InChI is InChI=1S/C13H23N3O/c1-15-7-9-16(10-8-15)13(17)5-4-12-3-2-6-14-11-12/h3,14H,2,4-11H2,1H3. The minimum absolute atomic E-state index is 0.324. The van der Waals surface area contributed by atoms with Gasteiger partial charge in [0.15, 0.2) is 0 Å². The Morgan fingerprint density at radius 2 is 2.12 bits per heavy atom. The summed E-state index contributed by atoms with van der Waals surface area (Å²) in [6.45, 7) is 5.86. The highest BCUT2D eigenvalue weighted by Crippen LogP contribution is 2.11. The molecule has 0 aromatic heterocycles. The van der Waals surface area contributed by atoms with Crippen molar-refractivity contribution in [3.8, 4) is 0 Å². The van der Waals surface area contributed by atoms with Crippen LogP contribution in [0.5, 0.6) is 0 Å². The maximum Gasteiger partial charge on any atom is 0.222 e. The van der Waals surface area contributed by atoms with E-state index in [9.17, 15) is 4.79 Å². The molecule has 4 nitrogen and oxygen atoms in total. The summed E-state index contributed by atoms with van der Waals surface area (Å²) in [5, 5.41) is 3.34. The first-order valence-electron chi connectivity index (χ1n) is 6.60. The number of carbonyl (C=O) groups excluding carboxylic acids is 1. The van der Waals surface area contributed by atoms with Crippen LogP contribution in [-0.4, -0.2) is 62.0 Å². The second kappa shape index (κ2) is 6.17. The minimum Gasteiger partial charge on any atom is -0.340 e. The smallest absolute Gasteiger partial charge is 0.222 e. The molecule has 0 radical (unpaired) electrons. The second-order valence-electron chi connectivity index (χ2n) is 5.01. The zero-order valence-electron chi connectivity index (χ0n) is 10.7. The maximum absolute atomic E-state index is 12.0. The van der Waals surface area contributed by atoms with E-state index in [0.717, 1.165) is 52.1 Å². The highest BCUT2D eigenvalue weighted by molar-refractivity contribution is 5.76. The molecule has 0 bridgehead atoms. The van der Waals surface area contributed by atoms with Gasteiger partial charge in [0.05, 0.1) is 0 Å². The summed E-state index contributed by atoms with van der Waals surface area (Å²) in [5.41, 5.74) is 1.40. The minimum atomic E-state index is 0.324. The quantitative estimate of drug-likeness (QED) is 0.724. The molecule has 96 valence electrons. The number of likely N-dealkylation sites (N-methyl/N-ethyl adjacent to an activating group) is 1. The van der Waals surface area contributed by atoms with Crippen LogP contribution < -0.4 is 5.32 Å². The molecule has 17 heavy (non-hydrogen) atoms. The van der Waals surface area contributed by atoms with E-state index in [1.54, 1.807) is 0 Å². The van der Waals surface area contributed by atoms with E-state index in [4.69, 9.17) is 0 Å². The molecule has 0 aromatic rings. The summed E-state index contributed by atoms with van der Waals surface area (Å²) in [6, 6.07) is 0. The van der Waals surface area contributed by atoms with Crippen LogP contribution >= 0.6 is 0 Å². The van der Waals surface area contributed by atoms with Crippen molar-refractivity contribution in [3.63, 3.8) is 0 Å². The number of rotatable bonds is 3. The van der Waals surface area contributed by atoms with E-state index in [2.05, 4.69) is 23.3 Å². The van der Waals surface area contributed by atoms with Crippen LogP contribution in [0.4, 0.5) is 0 Å². The van der Waals surface area contributed by atoms with Crippen LogP contribution in [0.2, 0.25) is 0 Å². The second-order valence-corrected chi connectivity index (χ2v) is 5.01. The van der Waals surface area contributed by atoms with Gasteiger partial charge in [-0.15, -0.1) is 0 Å². The van der Waals surface area contributed by atoms with Gasteiger partial charge in [-0.25, -0.2) is 0 Å². The van der Waals surface area contributed by atoms with Crippen molar-refractivity contribution >= 4 is 5.91 Å². The van der Waals surface area contributed by atoms with Gasteiger partial charge in [-0.3, -0.25) is 4.79 Å². The Bertz CT molecular complexity index is 293. The average Bonchev–Trinajstić information content (AvgIpc) is 2.38. The lowest BCUT2D eigenvalue weighted by molar-refractivity contribution is -0.132. The fourth-order valence-electron chi connectivity index (χ4n) is 2.37. The molecule has 0 spiro atoms. The van der Waals surface area contributed by atoms with Crippen LogP contribution in [0.3, 0.4) is 0 Å². The molecule has 2 aliphatic rings. The van der Waals surface area contributed by atoms with E-state index in [0.29, 0.717) is 12.3 Å². The molecular weight excluding hydrogens is 214 g/mol. The van der Waals surface area contributed by atoms with E-state index < -0.39 is 0 Å². The van der Waals surface area contributed by atoms with Crippen molar-refractivity contribution in [2.24, 2.45) is 0 Å². The zero-order chi connectivity index (χ0) is 12.1. The third-order valence-corrected chi connectivity index (χ3v) is 3.62. The van der Waals surface area contributed by atoms with E-state index in [-0.39, 0.29) is 0 Å². The fraction of sp³-hybridized carbons (Fsp3) is 0.769. The molecular formula is C13H23N3O. The normalized spacial score (nSPS) is 22.4. The lowest BCUT2D eigenvalue weighted by atomic mass is 10.1. The molecule has 2 rings (SSSR count). The Labute approximate surface area is 104 Å². The van der Waals surface area contributed by atoms with Gasteiger partial charge in [0.2, 0.25) is 5.91 Å². The SMILES string of the molecule is CN1CCN(C(=O)CCC2=CCCNC2)CC1. The number of carbonyl (C=O) groups is 1. The van der Waals surface area contributed by atoms with E-state index in [1.165, 1.54) is 5.57 Å². The van der Waals surface area contributed by atoms with Crippen molar-refractivity contribution in [2.45, 2.75) is 19.3 Å². The average molecular weight is 237 g/mol. The van der Waals surface area contributed by atoms with Crippen molar-refractivity contribution in [3.05, 3.63) is 11.6 Å². The van der Waals surface area contributed by atoms with Gasteiger partial charge in [-0.1, -0.05) is 11.6 Å². The molecule has 2 heterocycles. The Kier molecular flexibility index (Phi) is 4.57. The topological polar surface area (TPSA) is 35.6 Å². The van der Waals surface area contributed by atoms with Crippen molar-refractivity contribution in [1.82, 2.24) is 15.1 Å². The first kappa shape index (κ1) is 12.6. The first-order valence-corrected chi connectivity index (χ1v) is 6.60. The van der Waals surface area contributed by atoms with Crippen molar-refractivity contribution in [1.29, 1.82) is 0 Å². The van der Waals surface area contributed by atoms with Crippen LogP contribution in [0.1, 0.15) is 19.3 Å². The number of nitrogens with zero attached hydrogens (tertiary/aromatic N) is 2. The summed E-state index contributed by atoms with van der Waals surface area (Å²) in [5.74, 6) is 0.324. The number of amides is 1. The predicted octanol–water partition coefficient (Wildman–Crippen LogP) is 0.460. The molecule has 1 fully saturated rings. The highest BCUT2D eigenvalue weighted by atomic mass is 16.2. The Morgan fingerprint density at radius 3 is 2.76 bits per heavy atom. The van der Waals surface area contributed by atoms with E-state index in [1.807, 2.05) is 4.90 Å². The Balaban J connectivity index is 1.71. The van der Waals surface area contributed by atoms with Gasteiger partial charge < -0.3 is 15.1 Å². The zero-order valence-corrected chi connectivity index (χ0v) is 10.7. The predicted molar refractivity (Wildman–Crippen MR) is 68.9 cm³/mol. The largest absolute Gasteiger partial charge is 0.340 e.